The van der Waals surface area contributed by atoms with Crippen LogP contribution < -0.4 is 16.4 Å². The van der Waals surface area contributed by atoms with Crippen molar-refractivity contribution in [3.8, 4) is 0 Å². The first-order valence-electron chi connectivity index (χ1n) is 6.82. The van der Waals surface area contributed by atoms with Gasteiger partial charge in [-0.1, -0.05) is 27.2 Å². The van der Waals surface area contributed by atoms with Crippen LogP contribution >= 0.6 is 0 Å². The Morgan fingerprint density at radius 2 is 1.85 bits per heavy atom. The second-order valence-corrected chi connectivity index (χ2v) is 5.14. The van der Waals surface area contributed by atoms with Gasteiger partial charge in [-0.15, -0.1) is 0 Å². The lowest BCUT2D eigenvalue weighted by molar-refractivity contribution is -0.138. The number of hydrogen-bond donors (Lipinski definition) is 4. The second-order valence-electron chi connectivity index (χ2n) is 5.14. The molecule has 5 N–H and O–H groups in total. The fourth-order valence-corrected chi connectivity index (χ4v) is 1.65. The lowest BCUT2D eigenvalue weighted by atomic mass is 10.1. The predicted molar refractivity (Wildman–Crippen MR) is 74.9 cm³/mol. The third-order valence-corrected chi connectivity index (χ3v) is 2.87. The molecule has 20 heavy (non-hydrogen) atoms. The van der Waals surface area contributed by atoms with Crippen molar-refractivity contribution in [2.75, 3.05) is 6.54 Å². The lowest BCUT2D eigenvalue weighted by Gasteiger charge is -2.18. The third-order valence-electron chi connectivity index (χ3n) is 2.87. The monoisotopic (exact) mass is 287 g/mol. The summed E-state index contributed by atoms with van der Waals surface area (Å²) in [4.78, 5) is 33.9. The summed E-state index contributed by atoms with van der Waals surface area (Å²) in [7, 11) is 0. The zero-order valence-electron chi connectivity index (χ0n) is 12.3. The number of carbonyl (C=O) groups excluding carboxylic acids is 2. The Bertz CT molecular complexity index is 345. The maximum Gasteiger partial charge on any atom is 0.305 e. The number of carbonyl (C=O) groups is 3. The highest BCUT2D eigenvalue weighted by Crippen LogP contribution is 2.02. The number of carboxylic acids is 1. The van der Waals surface area contributed by atoms with Crippen LogP contribution in [0.1, 0.15) is 40.0 Å². The number of aliphatic carboxylic acids is 1. The minimum Gasteiger partial charge on any atom is -0.481 e. The van der Waals surface area contributed by atoms with E-state index in [1.54, 1.807) is 0 Å². The summed E-state index contributed by atoms with van der Waals surface area (Å²) in [5.41, 5.74) is 5.64. The molecule has 0 saturated carbocycles. The topological polar surface area (TPSA) is 122 Å². The molecule has 0 rings (SSSR count). The Labute approximate surface area is 119 Å². The van der Waals surface area contributed by atoms with E-state index in [4.69, 9.17) is 10.8 Å². The highest BCUT2D eigenvalue weighted by Gasteiger charge is 2.19. The van der Waals surface area contributed by atoms with Crippen molar-refractivity contribution in [2.45, 2.75) is 52.1 Å². The average molecular weight is 287 g/mol. The molecule has 0 heterocycles. The fourth-order valence-electron chi connectivity index (χ4n) is 1.65. The van der Waals surface area contributed by atoms with Gasteiger partial charge in [-0.05, 0) is 12.3 Å². The van der Waals surface area contributed by atoms with E-state index < -0.39 is 24.0 Å². The summed E-state index contributed by atoms with van der Waals surface area (Å²) in [6.07, 6.45) is 1.22. The van der Waals surface area contributed by atoms with E-state index in [0.29, 0.717) is 6.42 Å². The molecule has 1 unspecified atom stereocenters. The van der Waals surface area contributed by atoms with E-state index in [2.05, 4.69) is 10.6 Å². The Hall–Kier alpha value is -1.63. The molecule has 0 aliphatic rings. The van der Waals surface area contributed by atoms with Crippen molar-refractivity contribution in [2.24, 2.45) is 11.7 Å². The van der Waals surface area contributed by atoms with Crippen molar-refractivity contribution in [1.82, 2.24) is 10.6 Å². The standard InChI is InChI=1S/C13H25N3O4/c1-4-5-9(6-11(18)19)16-10(17)7-15-13(20)12(14)8(2)3/h8-9,12H,4-7,14H2,1-3H3,(H,15,20)(H,16,17)(H,18,19)/t9?,12-/m0/s1. The molecular formula is C13H25N3O4. The van der Waals surface area contributed by atoms with Crippen LogP contribution in [0.4, 0.5) is 0 Å². The highest BCUT2D eigenvalue weighted by molar-refractivity contribution is 5.87. The van der Waals surface area contributed by atoms with Crippen LogP contribution in [0.5, 0.6) is 0 Å². The number of carboxylic acid groups (broad SMARTS) is 1. The first-order chi connectivity index (χ1) is 9.27. The molecule has 7 heteroatoms. The highest BCUT2D eigenvalue weighted by atomic mass is 16.4. The normalized spacial score (nSPS) is 13.7. The Kier molecular flexibility index (Phi) is 8.54. The molecule has 2 atom stereocenters. The van der Waals surface area contributed by atoms with E-state index in [0.717, 1.165) is 6.42 Å². The summed E-state index contributed by atoms with van der Waals surface area (Å²) < 4.78 is 0. The van der Waals surface area contributed by atoms with Gasteiger partial charge in [0, 0.05) is 6.04 Å². The van der Waals surface area contributed by atoms with Gasteiger partial charge >= 0.3 is 5.97 Å². The maximum absolute atomic E-state index is 11.6. The molecule has 0 aromatic rings. The van der Waals surface area contributed by atoms with Gasteiger partial charge in [-0.25, -0.2) is 0 Å². The van der Waals surface area contributed by atoms with Crippen LogP contribution in [-0.4, -0.2) is 41.5 Å². The van der Waals surface area contributed by atoms with Crippen LogP contribution in [0.3, 0.4) is 0 Å². The van der Waals surface area contributed by atoms with E-state index in [1.165, 1.54) is 0 Å². The fraction of sp³-hybridized carbons (Fsp3) is 0.769. The molecule has 0 aliphatic heterocycles. The number of nitrogens with two attached hydrogens (primary N) is 1. The van der Waals surface area contributed by atoms with E-state index in [-0.39, 0.29) is 24.8 Å². The SMILES string of the molecule is CCCC(CC(=O)O)NC(=O)CNC(=O)[C@@H](N)C(C)C. The number of amides is 2. The van der Waals surface area contributed by atoms with Gasteiger partial charge in [0.1, 0.15) is 0 Å². The predicted octanol–water partition coefficient (Wildman–Crippen LogP) is -0.154. The molecule has 0 bridgehead atoms. The molecule has 0 fully saturated rings. The van der Waals surface area contributed by atoms with E-state index in [1.807, 2.05) is 20.8 Å². The molecule has 7 nitrogen and oxygen atoms in total. The van der Waals surface area contributed by atoms with Crippen molar-refractivity contribution in [1.29, 1.82) is 0 Å². The van der Waals surface area contributed by atoms with Crippen LogP contribution in [0.25, 0.3) is 0 Å². The molecule has 0 spiro atoms. The van der Waals surface area contributed by atoms with Crippen molar-refractivity contribution < 1.29 is 19.5 Å². The lowest BCUT2D eigenvalue weighted by Crippen LogP contribution is -2.48. The number of nitrogens with one attached hydrogen (secondary N) is 2. The Balaban J connectivity index is 4.19. The van der Waals surface area contributed by atoms with Crippen molar-refractivity contribution in [3.05, 3.63) is 0 Å². The van der Waals surface area contributed by atoms with Crippen molar-refractivity contribution >= 4 is 17.8 Å². The molecule has 0 saturated heterocycles. The number of hydrogen-bond acceptors (Lipinski definition) is 4. The van der Waals surface area contributed by atoms with Gasteiger partial charge in [-0.3, -0.25) is 14.4 Å². The molecule has 0 radical (unpaired) electrons. The van der Waals surface area contributed by atoms with Crippen LogP contribution in [0.2, 0.25) is 0 Å². The second kappa shape index (κ2) is 9.30. The van der Waals surface area contributed by atoms with Gasteiger partial charge in [0.25, 0.3) is 0 Å². The van der Waals surface area contributed by atoms with Gasteiger partial charge in [0.15, 0.2) is 0 Å². The summed E-state index contributed by atoms with van der Waals surface area (Å²) in [6.45, 7) is 5.34. The molecule has 0 aromatic carbocycles. The van der Waals surface area contributed by atoms with Gasteiger partial charge in [0.2, 0.25) is 11.8 Å². The van der Waals surface area contributed by atoms with Crippen LogP contribution in [0, 0.1) is 5.92 Å². The minimum atomic E-state index is -0.963. The first kappa shape index (κ1) is 18.4. The van der Waals surface area contributed by atoms with Crippen molar-refractivity contribution in [3.63, 3.8) is 0 Å². The molecular weight excluding hydrogens is 262 g/mol. The van der Waals surface area contributed by atoms with Gasteiger partial charge < -0.3 is 21.5 Å². The summed E-state index contributed by atoms with van der Waals surface area (Å²) in [5, 5.41) is 13.8. The molecule has 0 aliphatic carbocycles. The first-order valence-corrected chi connectivity index (χ1v) is 6.82. The average Bonchev–Trinajstić information content (AvgIpc) is 2.34. The Morgan fingerprint density at radius 3 is 2.30 bits per heavy atom. The molecule has 0 aromatic heterocycles. The van der Waals surface area contributed by atoms with E-state index in [9.17, 15) is 14.4 Å². The third kappa shape index (κ3) is 7.73. The van der Waals surface area contributed by atoms with E-state index >= 15 is 0 Å². The van der Waals surface area contributed by atoms with Gasteiger partial charge in [0.05, 0.1) is 19.0 Å². The Morgan fingerprint density at radius 1 is 1.25 bits per heavy atom. The quantitative estimate of drug-likeness (QED) is 0.469. The minimum absolute atomic E-state index is 0.0158. The molecule has 116 valence electrons. The zero-order chi connectivity index (χ0) is 15.7. The number of rotatable bonds is 9. The van der Waals surface area contributed by atoms with Gasteiger partial charge in [-0.2, -0.15) is 0 Å². The van der Waals surface area contributed by atoms with Crippen LogP contribution in [-0.2, 0) is 14.4 Å². The summed E-state index contributed by atoms with van der Waals surface area (Å²) >= 11 is 0. The van der Waals surface area contributed by atoms with Crippen LogP contribution in [0.15, 0.2) is 0 Å². The maximum atomic E-state index is 11.6. The smallest absolute Gasteiger partial charge is 0.305 e. The molecule has 2 amide bonds. The summed E-state index contributed by atoms with van der Waals surface area (Å²) in [5.74, 6) is -1.78. The zero-order valence-corrected chi connectivity index (χ0v) is 12.3. The largest absolute Gasteiger partial charge is 0.481 e. The summed E-state index contributed by atoms with van der Waals surface area (Å²) in [6, 6.07) is -1.08.